The van der Waals surface area contributed by atoms with Crippen LogP contribution in [0.15, 0.2) is 18.2 Å². The number of H-pyrrole nitrogens is 1. The Labute approximate surface area is 94.3 Å². The molecule has 3 heteroatoms. The monoisotopic (exact) mass is 213 g/mol. The molecule has 2 aromatic rings. The van der Waals surface area contributed by atoms with Gasteiger partial charge < -0.3 is 10.3 Å². The van der Waals surface area contributed by atoms with Crippen molar-refractivity contribution in [1.82, 2.24) is 15.3 Å². The first-order valence-electron chi connectivity index (χ1n) is 6.10. The fraction of sp³-hybridized carbons (Fsp3) is 0.462. The van der Waals surface area contributed by atoms with Crippen molar-refractivity contribution in [3.05, 3.63) is 29.6 Å². The zero-order valence-electron chi connectivity index (χ0n) is 9.16. The van der Waals surface area contributed by atoms with Crippen molar-refractivity contribution in [2.45, 2.75) is 24.7 Å². The lowest BCUT2D eigenvalue weighted by Crippen LogP contribution is -2.39. The molecule has 1 aromatic heterocycles. The van der Waals surface area contributed by atoms with Gasteiger partial charge in [-0.05, 0) is 30.5 Å². The van der Waals surface area contributed by atoms with Crippen molar-refractivity contribution < 1.29 is 0 Å². The van der Waals surface area contributed by atoms with E-state index in [0.29, 0.717) is 11.8 Å². The first kappa shape index (κ1) is 8.76. The normalized spacial score (nSPS) is 21.2. The lowest BCUT2D eigenvalue weighted by molar-refractivity contribution is 0.449. The number of nitrogens with one attached hydrogen (secondary N) is 2. The highest BCUT2D eigenvalue weighted by molar-refractivity contribution is 5.76. The smallest absolute Gasteiger partial charge is 0.110 e. The van der Waals surface area contributed by atoms with E-state index in [2.05, 4.69) is 33.5 Å². The third-order valence-electron chi connectivity index (χ3n) is 3.74. The second-order valence-electron chi connectivity index (χ2n) is 5.03. The van der Waals surface area contributed by atoms with E-state index >= 15 is 0 Å². The molecule has 3 nitrogen and oxygen atoms in total. The molecule has 0 radical (unpaired) electrons. The van der Waals surface area contributed by atoms with Gasteiger partial charge in [0.1, 0.15) is 5.82 Å². The molecule has 1 saturated heterocycles. The van der Waals surface area contributed by atoms with E-state index in [1.807, 2.05) is 0 Å². The van der Waals surface area contributed by atoms with E-state index in [0.717, 1.165) is 18.6 Å². The Balaban J connectivity index is 1.78. The van der Waals surface area contributed by atoms with Crippen LogP contribution >= 0.6 is 0 Å². The molecule has 82 valence electrons. The van der Waals surface area contributed by atoms with Crippen molar-refractivity contribution in [3.8, 4) is 0 Å². The number of aromatic amines is 1. The van der Waals surface area contributed by atoms with Gasteiger partial charge in [0.25, 0.3) is 0 Å². The van der Waals surface area contributed by atoms with Crippen LogP contribution in [0.25, 0.3) is 11.0 Å². The minimum atomic E-state index is 0.706. The third kappa shape index (κ3) is 1.28. The Hall–Kier alpha value is -1.35. The van der Waals surface area contributed by atoms with Crippen molar-refractivity contribution >= 4 is 11.0 Å². The molecule has 1 aliphatic carbocycles. The predicted octanol–water partition coefficient (Wildman–Crippen LogP) is 2.13. The third-order valence-corrected chi connectivity index (χ3v) is 3.74. The second kappa shape index (κ2) is 3.08. The summed E-state index contributed by atoms with van der Waals surface area (Å²) in [6.45, 7) is 2.24. The van der Waals surface area contributed by atoms with Crippen LogP contribution in [0.4, 0.5) is 0 Å². The molecule has 1 saturated carbocycles. The van der Waals surface area contributed by atoms with Crippen LogP contribution in [-0.2, 0) is 0 Å². The molecule has 0 spiro atoms. The van der Waals surface area contributed by atoms with Crippen molar-refractivity contribution in [2.75, 3.05) is 13.1 Å². The van der Waals surface area contributed by atoms with Gasteiger partial charge >= 0.3 is 0 Å². The van der Waals surface area contributed by atoms with Gasteiger partial charge in [-0.2, -0.15) is 0 Å². The van der Waals surface area contributed by atoms with Crippen molar-refractivity contribution in [1.29, 1.82) is 0 Å². The van der Waals surface area contributed by atoms with E-state index in [9.17, 15) is 0 Å². The van der Waals surface area contributed by atoms with Gasteiger partial charge in [-0.25, -0.2) is 4.98 Å². The average Bonchev–Trinajstić information content (AvgIpc) is 2.96. The highest BCUT2D eigenvalue weighted by atomic mass is 15.0. The first-order valence-corrected chi connectivity index (χ1v) is 6.10. The summed E-state index contributed by atoms with van der Waals surface area (Å²) in [7, 11) is 0. The van der Waals surface area contributed by atoms with Gasteiger partial charge in [0.05, 0.1) is 11.0 Å². The number of fused-ring (bicyclic) bond motifs is 1. The molecule has 0 unspecified atom stereocenters. The Bertz CT molecular complexity index is 535. The van der Waals surface area contributed by atoms with Gasteiger partial charge in [-0.3, -0.25) is 0 Å². The summed E-state index contributed by atoms with van der Waals surface area (Å²) in [5, 5.41) is 3.32. The maximum Gasteiger partial charge on any atom is 0.110 e. The zero-order valence-corrected chi connectivity index (χ0v) is 9.16. The summed E-state index contributed by atoms with van der Waals surface area (Å²) < 4.78 is 0. The molecule has 2 fully saturated rings. The predicted molar refractivity (Wildman–Crippen MR) is 63.7 cm³/mol. The van der Waals surface area contributed by atoms with Crippen molar-refractivity contribution in [3.63, 3.8) is 0 Å². The molecule has 2 heterocycles. The van der Waals surface area contributed by atoms with Crippen molar-refractivity contribution in [2.24, 2.45) is 0 Å². The number of nitrogens with zero attached hydrogens (tertiary/aromatic N) is 1. The largest absolute Gasteiger partial charge is 0.342 e. The van der Waals surface area contributed by atoms with E-state index < -0.39 is 0 Å². The number of imidazole rings is 1. The standard InChI is InChI=1S/C13H15N3/c1-2-8(1)13-15-11-4-3-9(5-12(11)16-13)10-6-14-7-10/h3-5,8,10,14H,1-2,6-7H2,(H,15,16). The Kier molecular flexibility index (Phi) is 1.68. The molecular formula is C13H15N3. The zero-order chi connectivity index (χ0) is 10.5. The molecule has 0 amide bonds. The highest BCUT2D eigenvalue weighted by Crippen LogP contribution is 2.39. The Morgan fingerprint density at radius 3 is 2.69 bits per heavy atom. The summed E-state index contributed by atoms with van der Waals surface area (Å²) in [5.41, 5.74) is 3.78. The van der Waals surface area contributed by atoms with Gasteiger partial charge in [-0.1, -0.05) is 6.07 Å². The van der Waals surface area contributed by atoms with Crippen LogP contribution in [0.1, 0.15) is 36.1 Å². The number of benzene rings is 1. The molecule has 0 bridgehead atoms. The summed E-state index contributed by atoms with van der Waals surface area (Å²) in [6, 6.07) is 6.66. The summed E-state index contributed by atoms with van der Waals surface area (Å²) in [5.74, 6) is 2.61. The number of aromatic nitrogens is 2. The Morgan fingerprint density at radius 1 is 1.12 bits per heavy atom. The van der Waals surface area contributed by atoms with Crippen LogP contribution in [0, 0.1) is 0 Å². The van der Waals surface area contributed by atoms with Crippen LogP contribution < -0.4 is 5.32 Å². The van der Waals surface area contributed by atoms with E-state index in [4.69, 9.17) is 0 Å². The SMILES string of the molecule is c1cc2nc(C3CC3)[nH]c2cc1C1CNC1. The lowest BCUT2D eigenvalue weighted by atomic mass is 9.93. The van der Waals surface area contributed by atoms with Crippen LogP contribution in [-0.4, -0.2) is 23.1 Å². The van der Waals surface area contributed by atoms with Crippen LogP contribution in [0.3, 0.4) is 0 Å². The molecule has 2 aliphatic rings. The van der Waals surface area contributed by atoms with Gasteiger partial charge in [0, 0.05) is 24.9 Å². The maximum absolute atomic E-state index is 4.65. The molecular weight excluding hydrogens is 198 g/mol. The fourth-order valence-corrected chi connectivity index (χ4v) is 2.38. The lowest BCUT2D eigenvalue weighted by Gasteiger charge is -2.27. The fourth-order valence-electron chi connectivity index (χ4n) is 2.38. The first-order chi connectivity index (χ1) is 7.90. The molecule has 0 atom stereocenters. The average molecular weight is 213 g/mol. The van der Waals surface area contributed by atoms with E-state index in [1.54, 1.807) is 0 Å². The molecule has 16 heavy (non-hydrogen) atoms. The topological polar surface area (TPSA) is 40.7 Å². The molecule has 2 N–H and O–H groups in total. The van der Waals surface area contributed by atoms with Gasteiger partial charge in [-0.15, -0.1) is 0 Å². The molecule has 1 aliphatic heterocycles. The summed E-state index contributed by atoms with van der Waals surface area (Å²) in [6.07, 6.45) is 2.61. The van der Waals surface area contributed by atoms with E-state index in [-0.39, 0.29) is 0 Å². The summed E-state index contributed by atoms with van der Waals surface area (Å²) in [4.78, 5) is 8.12. The molecule has 1 aromatic carbocycles. The van der Waals surface area contributed by atoms with E-state index in [1.165, 1.54) is 29.7 Å². The maximum atomic E-state index is 4.65. The van der Waals surface area contributed by atoms with Gasteiger partial charge in [0.2, 0.25) is 0 Å². The Morgan fingerprint density at radius 2 is 2.00 bits per heavy atom. The second-order valence-corrected chi connectivity index (χ2v) is 5.03. The van der Waals surface area contributed by atoms with Gasteiger partial charge in [0.15, 0.2) is 0 Å². The quantitative estimate of drug-likeness (QED) is 0.802. The minimum absolute atomic E-state index is 0.706. The summed E-state index contributed by atoms with van der Waals surface area (Å²) >= 11 is 0. The number of hydrogen-bond donors (Lipinski definition) is 2. The minimum Gasteiger partial charge on any atom is -0.342 e. The number of rotatable bonds is 2. The van der Waals surface area contributed by atoms with Crippen LogP contribution in [0.5, 0.6) is 0 Å². The molecule has 4 rings (SSSR count). The number of hydrogen-bond acceptors (Lipinski definition) is 2. The highest BCUT2D eigenvalue weighted by Gasteiger charge is 2.27. The van der Waals surface area contributed by atoms with Crippen LogP contribution in [0.2, 0.25) is 0 Å².